The zero-order valence-corrected chi connectivity index (χ0v) is 11.8. The molecule has 1 aromatic rings. The Kier molecular flexibility index (Phi) is 4.35. The van der Waals surface area contributed by atoms with Crippen LogP contribution in [0.25, 0.3) is 0 Å². The lowest BCUT2D eigenvalue weighted by Crippen LogP contribution is -2.24. The van der Waals surface area contributed by atoms with Crippen molar-refractivity contribution in [3.8, 4) is 0 Å². The monoisotopic (exact) mass is 268 g/mol. The van der Waals surface area contributed by atoms with E-state index in [0.717, 1.165) is 22.1 Å². The number of nitrogens with zero attached hydrogens (tertiary/aromatic N) is 2. The molecule has 0 aliphatic carbocycles. The maximum absolute atomic E-state index is 10.7. The molecule has 0 radical (unpaired) electrons. The van der Waals surface area contributed by atoms with Gasteiger partial charge < -0.3 is 10.0 Å². The predicted molar refractivity (Wildman–Crippen MR) is 72.3 cm³/mol. The Balaban J connectivity index is 2.01. The van der Waals surface area contributed by atoms with Crippen molar-refractivity contribution in [2.24, 2.45) is 0 Å². The van der Waals surface area contributed by atoms with Crippen LogP contribution in [0.2, 0.25) is 0 Å². The molecular formula is C13H20N2O2S. The molecule has 0 aromatic carbocycles. The molecule has 0 bridgehead atoms. The summed E-state index contributed by atoms with van der Waals surface area (Å²) in [5.41, 5.74) is 0.880. The molecule has 1 aromatic heterocycles. The number of thiazole rings is 1. The van der Waals surface area contributed by atoms with Crippen molar-refractivity contribution in [1.29, 1.82) is 0 Å². The Hall–Kier alpha value is -0.940. The van der Waals surface area contributed by atoms with Gasteiger partial charge in [0.05, 0.1) is 17.1 Å². The third-order valence-corrected chi connectivity index (χ3v) is 4.76. The number of rotatable bonds is 5. The number of carboxylic acids is 1. The van der Waals surface area contributed by atoms with Crippen LogP contribution in [0.4, 0.5) is 0 Å². The first kappa shape index (κ1) is 13.5. The second kappa shape index (κ2) is 5.80. The van der Waals surface area contributed by atoms with Crippen LogP contribution in [-0.4, -0.2) is 40.6 Å². The summed E-state index contributed by atoms with van der Waals surface area (Å²) in [6, 6.07) is 0. The van der Waals surface area contributed by atoms with Crippen LogP contribution in [0.3, 0.4) is 0 Å². The van der Waals surface area contributed by atoms with Gasteiger partial charge in [-0.05, 0) is 32.9 Å². The number of likely N-dealkylation sites (tertiary alicyclic amines) is 1. The van der Waals surface area contributed by atoms with Gasteiger partial charge in [-0.3, -0.25) is 4.79 Å². The summed E-state index contributed by atoms with van der Waals surface area (Å²) in [6.07, 6.45) is 2.70. The number of aliphatic carboxylic acids is 1. The lowest BCUT2D eigenvalue weighted by molar-refractivity contribution is -0.136. The van der Waals surface area contributed by atoms with Crippen LogP contribution < -0.4 is 0 Å². The Morgan fingerprint density at radius 1 is 1.50 bits per heavy atom. The molecule has 1 aliphatic heterocycles. The number of hydrogen-bond acceptors (Lipinski definition) is 4. The zero-order valence-electron chi connectivity index (χ0n) is 11.0. The Morgan fingerprint density at radius 2 is 2.17 bits per heavy atom. The van der Waals surface area contributed by atoms with Gasteiger partial charge in [0, 0.05) is 17.3 Å². The molecule has 1 unspecified atom stereocenters. The van der Waals surface area contributed by atoms with Gasteiger partial charge in [0.1, 0.15) is 0 Å². The van der Waals surface area contributed by atoms with E-state index in [9.17, 15) is 4.79 Å². The van der Waals surface area contributed by atoms with E-state index >= 15 is 0 Å². The molecule has 2 heterocycles. The van der Waals surface area contributed by atoms with E-state index < -0.39 is 5.97 Å². The Labute approximate surface area is 112 Å². The highest BCUT2D eigenvalue weighted by molar-refractivity contribution is 7.11. The topological polar surface area (TPSA) is 53.4 Å². The van der Waals surface area contributed by atoms with Crippen LogP contribution in [0.5, 0.6) is 0 Å². The second-order valence-electron chi connectivity index (χ2n) is 5.04. The molecule has 0 saturated carbocycles. The summed E-state index contributed by atoms with van der Waals surface area (Å²) in [7, 11) is 0. The fraction of sp³-hybridized carbons (Fsp3) is 0.692. The molecule has 1 aliphatic rings. The third-order valence-electron chi connectivity index (χ3n) is 3.37. The third kappa shape index (κ3) is 3.29. The summed E-state index contributed by atoms with van der Waals surface area (Å²) in [5.74, 6) is -0.380. The molecule has 2 rings (SSSR count). The van der Waals surface area contributed by atoms with Crippen molar-refractivity contribution in [2.75, 3.05) is 19.6 Å². The molecule has 100 valence electrons. The molecule has 1 saturated heterocycles. The molecule has 1 N–H and O–H groups in total. The van der Waals surface area contributed by atoms with Gasteiger partial charge in [-0.1, -0.05) is 6.92 Å². The van der Waals surface area contributed by atoms with Crippen LogP contribution in [0, 0.1) is 6.92 Å². The van der Waals surface area contributed by atoms with Crippen molar-refractivity contribution in [3.05, 3.63) is 15.6 Å². The van der Waals surface area contributed by atoms with E-state index in [0.29, 0.717) is 5.92 Å². The summed E-state index contributed by atoms with van der Waals surface area (Å²) in [4.78, 5) is 18.6. The van der Waals surface area contributed by atoms with E-state index in [2.05, 4.69) is 16.8 Å². The zero-order chi connectivity index (χ0) is 13.1. The van der Waals surface area contributed by atoms with Crippen LogP contribution in [-0.2, 0) is 11.2 Å². The molecule has 1 atom stereocenters. The number of carbonyl (C=O) groups is 1. The smallest absolute Gasteiger partial charge is 0.308 e. The summed E-state index contributed by atoms with van der Waals surface area (Å²) >= 11 is 1.56. The Morgan fingerprint density at radius 3 is 2.78 bits per heavy atom. The normalized spacial score (nSPS) is 18.1. The minimum Gasteiger partial charge on any atom is -0.481 e. The van der Waals surface area contributed by atoms with Crippen LogP contribution in [0.15, 0.2) is 0 Å². The van der Waals surface area contributed by atoms with Crippen LogP contribution in [0.1, 0.15) is 41.3 Å². The SMILES string of the molecule is Cc1nc(C(C)CN2CCCC2)sc1CC(=O)O. The highest BCUT2D eigenvalue weighted by atomic mass is 32.1. The van der Waals surface area contributed by atoms with Gasteiger partial charge in [0.25, 0.3) is 0 Å². The van der Waals surface area contributed by atoms with E-state index in [4.69, 9.17) is 5.11 Å². The molecular weight excluding hydrogens is 248 g/mol. The van der Waals surface area contributed by atoms with Gasteiger partial charge in [0.2, 0.25) is 0 Å². The first-order valence-electron chi connectivity index (χ1n) is 6.46. The lowest BCUT2D eigenvalue weighted by atomic mass is 10.2. The number of hydrogen-bond donors (Lipinski definition) is 1. The van der Waals surface area contributed by atoms with Crippen molar-refractivity contribution in [3.63, 3.8) is 0 Å². The lowest BCUT2D eigenvalue weighted by Gasteiger charge is -2.18. The first-order chi connectivity index (χ1) is 8.56. The highest BCUT2D eigenvalue weighted by Crippen LogP contribution is 2.26. The quantitative estimate of drug-likeness (QED) is 0.890. The Bertz CT molecular complexity index is 425. The van der Waals surface area contributed by atoms with Gasteiger partial charge in [-0.15, -0.1) is 11.3 Å². The largest absolute Gasteiger partial charge is 0.481 e. The van der Waals surface area contributed by atoms with E-state index in [1.165, 1.54) is 25.9 Å². The molecule has 18 heavy (non-hydrogen) atoms. The number of aromatic nitrogens is 1. The summed E-state index contributed by atoms with van der Waals surface area (Å²) < 4.78 is 0. The summed E-state index contributed by atoms with van der Waals surface area (Å²) in [6.45, 7) is 7.51. The molecule has 0 amide bonds. The fourth-order valence-electron chi connectivity index (χ4n) is 2.39. The average Bonchev–Trinajstić information content (AvgIpc) is 2.89. The standard InChI is InChI=1S/C13H20N2O2S/c1-9(8-15-5-3-4-6-15)13-14-10(2)11(18-13)7-12(16)17/h9H,3-8H2,1-2H3,(H,16,17). The highest BCUT2D eigenvalue weighted by Gasteiger charge is 2.19. The van der Waals surface area contributed by atoms with Crippen LogP contribution >= 0.6 is 11.3 Å². The van der Waals surface area contributed by atoms with Crippen molar-refractivity contribution >= 4 is 17.3 Å². The first-order valence-corrected chi connectivity index (χ1v) is 7.28. The fourth-order valence-corrected chi connectivity index (χ4v) is 3.49. The van der Waals surface area contributed by atoms with Gasteiger partial charge in [-0.2, -0.15) is 0 Å². The molecule has 1 fully saturated rings. The number of carboxylic acid groups (broad SMARTS) is 1. The van der Waals surface area contributed by atoms with E-state index in [-0.39, 0.29) is 6.42 Å². The second-order valence-corrected chi connectivity index (χ2v) is 6.16. The molecule has 4 nitrogen and oxygen atoms in total. The minimum absolute atomic E-state index is 0.0972. The molecule has 5 heteroatoms. The van der Waals surface area contributed by atoms with E-state index in [1.807, 2.05) is 6.92 Å². The minimum atomic E-state index is -0.777. The number of aryl methyl sites for hydroxylation is 1. The van der Waals surface area contributed by atoms with Gasteiger partial charge in [-0.25, -0.2) is 4.98 Å². The van der Waals surface area contributed by atoms with Gasteiger partial charge in [0.15, 0.2) is 0 Å². The summed E-state index contributed by atoms with van der Waals surface area (Å²) in [5, 5.41) is 9.92. The van der Waals surface area contributed by atoms with Crippen molar-refractivity contribution in [1.82, 2.24) is 9.88 Å². The predicted octanol–water partition coefficient (Wildman–Crippen LogP) is 2.28. The maximum atomic E-state index is 10.7. The van der Waals surface area contributed by atoms with Crippen molar-refractivity contribution in [2.45, 2.75) is 39.0 Å². The van der Waals surface area contributed by atoms with Crippen molar-refractivity contribution < 1.29 is 9.90 Å². The molecule has 0 spiro atoms. The van der Waals surface area contributed by atoms with Gasteiger partial charge >= 0.3 is 5.97 Å². The maximum Gasteiger partial charge on any atom is 0.308 e. The average molecular weight is 268 g/mol. The van der Waals surface area contributed by atoms with E-state index in [1.54, 1.807) is 11.3 Å².